The van der Waals surface area contributed by atoms with E-state index in [2.05, 4.69) is 47.4 Å². The van der Waals surface area contributed by atoms with Crippen LogP contribution in [0.3, 0.4) is 0 Å². The maximum Gasteiger partial charge on any atom is 0.0480 e. The van der Waals surface area contributed by atoms with E-state index >= 15 is 0 Å². The fourth-order valence-corrected chi connectivity index (χ4v) is 2.83. The van der Waals surface area contributed by atoms with E-state index in [1.807, 2.05) is 0 Å². The summed E-state index contributed by atoms with van der Waals surface area (Å²) in [6, 6.07) is 8.73. The number of aromatic nitrogens is 1. The first-order valence-corrected chi connectivity index (χ1v) is 6.11. The van der Waals surface area contributed by atoms with Gasteiger partial charge < -0.3 is 9.88 Å². The van der Waals surface area contributed by atoms with Gasteiger partial charge in [-0.15, -0.1) is 0 Å². The van der Waals surface area contributed by atoms with Gasteiger partial charge in [0.1, 0.15) is 0 Å². The monoisotopic (exact) mass is 230 g/mol. The van der Waals surface area contributed by atoms with Gasteiger partial charge in [-0.25, -0.2) is 0 Å². The molecule has 1 aliphatic rings. The Morgan fingerprint density at radius 3 is 2.65 bits per heavy atom. The highest BCUT2D eigenvalue weighted by atomic mass is 14.9. The highest BCUT2D eigenvalue weighted by Gasteiger charge is 2.18. The van der Waals surface area contributed by atoms with Gasteiger partial charge in [-0.05, 0) is 43.5 Å². The van der Waals surface area contributed by atoms with Crippen LogP contribution in [-0.2, 0) is 7.05 Å². The smallest absolute Gasteiger partial charge is 0.0480 e. The van der Waals surface area contributed by atoms with Crippen LogP contribution in [0.4, 0.5) is 0 Å². The second-order valence-corrected chi connectivity index (χ2v) is 4.74. The molecule has 2 heteroatoms. The van der Waals surface area contributed by atoms with Gasteiger partial charge >= 0.3 is 0 Å². The van der Waals surface area contributed by atoms with E-state index in [0.717, 1.165) is 19.0 Å². The Bertz CT molecular complexity index is 493. The summed E-state index contributed by atoms with van der Waals surface area (Å²) in [5.41, 5.74) is 2.90. The Morgan fingerprint density at radius 2 is 1.88 bits per heavy atom. The molecule has 1 aromatic heterocycles. The number of benzene rings is 1. The first-order chi connectivity index (χ1) is 7.86. The van der Waals surface area contributed by atoms with Gasteiger partial charge in [0.15, 0.2) is 0 Å². The molecule has 2 nitrogen and oxygen atoms in total. The first-order valence-electron chi connectivity index (χ1n) is 6.11. The zero-order valence-electron chi connectivity index (χ0n) is 9.74. The summed E-state index contributed by atoms with van der Waals surface area (Å²) in [6.07, 6.45) is 4.86. The normalized spacial score (nSPS) is 17.0. The zero-order chi connectivity index (χ0) is 11.0. The second-order valence-electron chi connectivity index (χ2n) is 4.74. The minimum Gasteiger partial charge on any atom is -0.350 e. The van der Waals surface area contributed by atoms with Crippen LogP contribution < -0.4 is 5.32 Å². The van der Waals surface area contributed by atoms with E-state index in [0.29, 0.717) is 0 Å². The first kappa shape index (κ1) is 12.2. The van der Waals surface area contributed by atoms with E-state index in [-0.39, 0.29) is 7.43 Å². The summed E-state index contributed by atoms with van der Waals surface area (Å²) in [5, 5.41) is 4.87. The molecule has 1 saturated heterocycles. The summed E-state index contributed by atoms with van der Waals surface area (Å²) >= 11 is 0. The summed E-state index contributed by atoms with van der Waals surface area (Å²) in [7, 11) is 2.15. The van der Waals surface area contributed by atoms with Crippen LogP contribution in [-0.4, -0.2) is 17.7 Å². The van der Waals surface area contributed by atoms with Crippen molar-refractivity contribution in [1.82, 2.24) is 9.88 Å². The molecule has 1 N–H and O–H groups in total. The van der Waals surface area contributed by atoms with Crippen LogP contribution in [0.5, 0.6) is 0 Å². The number of aryl methyl sites for hydroxylation is 1. The molecule has 0 aliphatic carbocycles. The lowest BCUT2D eigenvalue weighted by molar-refractivity contribution is 0.462. The molecular formula is C15H22N2. The molecule has 0 amide bonds. The van der Waals surface area contributed by atoms with Gasteiger partial charge in [0, 0.05) is 24.1 Å². The molecule has 0 spiro atoms. The maximum absolute atomic E-state index is 3.43. The number of rotatable bonds is 1. The third-order valence-corrected chi connectivity index (χ3v) is 3.71. The van der Waals surface area contributed by atoms with Crippen LogP contribution in [0.15, 0.2) is 30.5 Å². The Hall–Kier alpha value is -1.28. The SMILES string of the molecule is C.Cn1cc(C2CCNCC2)c2ccccc21. The Labute approximate surface area is 104 Å². The third kappa shape index (κ3) is 2.09. The van der Waals surface area contributed by atoms with Gasteiger partial charge in [-0.3, -0.25) is 0 Å². The van der Waals surface area contributed by atoms with Gasteiger partial charge in [-0.2, -0.15) is 0 Å². The number of para-hydroxylation sites is 1. The fourth-order valence-electron chi connectivity index (χ4n) is 2.83. The molecular weight excluding hydrogens is 208 g/mol. The lowest BCUT2D eigenvalue weighted by atomic mass is 9.90. The van der Waals surface area contributed by atoms with E-state index in [1.165, 1.54) is 23.7 Å². The van der Waals surface area contributed by atoms with Crippen LogP contribution in [0.25, 0.3) is 10.9 Å². The van der Waals surface area contributed by atoms with E-state index in [4.69, 9.17) is 0 Å². The number of piperidine rings is 1. The van der Waals surface area contributed by atoms with Crippen molar-refractivity contribution >= 4 is 10.9 Å². The molecule has 0 radical (unpaired) electrons. The van der Waals surface area contributed by atoms with Crippen molar-refractivity contribution in [1.29, 1.82) is 0 Å². The highest BCUT2D eigenvalue weighted by Crippen LogP contribution is 2.32. The average Bonchev–Trinajstić information content (AvgIpc) is 2.69. The average molecular weight is 230 g/mol. The number of hydrogen-bond acceptors (Lipinski definition) is 1. The number of nitrogens with zero attached hydrogens (tertiary/aromatic N) is 1. The highest BCUT2D eigenvalue weighted by molar-refractivity contribution is 5.84. The molecule has 0 unspecified atom stereocenters. The molecule has 1 aromatic carbocycles. The molecule has 0 saturated carbocycles. The van der Waals surface area contributed by atoms with Crippen molar-refractivity contribution in [2.45, 2.75) is 26.2 Å². The van der Waals surface area contributed by atoms with E-state index in [9.17, 15) is 0 Å². The van der Waals surface area contributed by atoms with Crippen LogP contribution in [0.2, 0.25) is 0 Å². The lowest BCUT2D eigenvalue weighted by Crippen LogP contribution is -2.26. The molecule has 2 aromatic rings. The van der Waals surface area contributed by atoms with Crippen molar-refractivity contribution in [3.05, 3.63) is 36.0 Å². The predicted molar refractivity (Wildman–Crippen MR) is 74.5 cm³/mol. The molecule has 0 bridgehead atoms. The van der Waals surface area contributed by atoms with E-state index < -0.39 is 0 Å². The molecule has 17 heavy (non-hydrogen) atoms. The standard InChI is InChI=1S/C14H18N2.CH4/c1-16-10-13(11-6-8-15-9-7-11)12-4-2-3-5-14(12)16;/h2-5,10-11,15H,6-9H2,1H3;1H4. The Morgan fingerprint density at radius 1 is 1.18 bits per heavy atom. The molecule has 2 heterocycles. The van der Waals surface area contributed by atoms with Crippen molar-refractivity contribution in [3.8, 4) is 0 Å². The summed E-state index contributed by atoms with van der Waals surface area (Å²) in [5.74, 6) is 0.743. The predicted octanol–water partition coefficient (Wildman–Crippen LogP) is 3.28. The fraction of sp³-hybridized carbons (Fsp3) is 0.467. The molecule has 92 valence electrons. The molecule has 1 fully saturated rings. The van der Waals surface area contributed by atoms with Gasteiger partial charge in [0.2, 0.25) is 0 Å². The topological polar surface area (TPSA) is 17.0 Å². The molecule has 0 atom stereocenters. The maximum atomic E-state index is 3.43. The third-order valence-electron chi connectivity index (χ3n) is 3.71. The zero-order valence-corrected chi connectivity index (χ0v) is 9.74. The van der Waals surface area contributed by atoms with Gasteiger partial charge in [0.25, 0.3) is 0 Å². The molecule has 1 aliphatic heterocycles. The van der Waals surface area contributed by atoms with Crippen molar-refractivity contribution in [2.75, 3.05) is 13.1 Å². The van der Waals surface area contributed by atoms with Crippen LogP contribution in [0.1, 0.15) is 31.7 Å². The number of nitrogens with one attached hydrogen (secondary N) is 1. The van der Waals surface area contributed by atoms with Crippen LogP contribution >= 0.6 is 0 Å². The summed E-state index contributed by atoms with van der Waals surface area (Å²) in [6.45, 7) is 2.32. The van der Waals surface area contributed by atoms with Gasteiger partial charge in [0.05, 0.1) is 0 Å². The van der Waals surface area contributed by atoms with Gasteiger partial charge in [-0.1, -0.05) is 25.6 Å². The Balaban J connectivity index is 0.00000108. The summed E-state index contributed by atoms with van der Waals surface area (Å²) < 4.78 is 2.26. The van der Waals surface area contributed by atoms with Crippen molar-refractivity contribution in [3.63, 3.8) is 0 Å². The minimum atomic E-state index is 0. The second kappa shape index (κ2) is 4.92. The Kier molecular flexibility index (Phi) is 3.53. The minimum absolute atomic E-state index is 0. The largest absolute Gasteiger partial charge is 0.350 e. The van der Waals surface area contributed by atoms with Crippen molar-refractivity contribution in [2.24, 2.45) is 7.05 Å². The van der Waals surface area contributed by atoms with E-state index in [1.54, 1.807) is 5.56 Å². The summed E-state index contributed by atoms with van der Waals surface area (Å²) in [4.78, 5) is 0. The quantitative estimate of drug-likeness (QED) is 0.795. The van der Waals surface area contributed by atoms with Crippen LogP contribution in [0, 0.1) is 0 Å². The molecule has 3 rings (SSSR count). The number of fused-ring (bicyclic) bond motifs is 1. The number of hydrogen-bond donors (Lipinski definition) is 1. The van der Waals surface area contributed by atoms with Crippen molar-refractivity contribution < 1.29 is 0 Å². The lowest BCUT2D eigenvalue weighted by Gasteiger charge is -2.22.